The molecule has 1 aliphatic heterocycles. The number of fused-ring (bicyclic) bond motifs is 2. The van der Waals surface area contributed by atoms with E-state index in [0.717, 1.165) is 29.2 Å². The summed E-state index contributed by atoms with van der Waals surface area (Å²) in [6.45, 7) is 5.57. The summed E-state index contributed by atoms with van der Waals surface area (Å²) in [5.74, 6) is 0.404. The zero-order valence-electron chi connectivity index (χ0n) is 23.9. The van der Waals surface area contributed by atoms with Gasteiger partial charge in [-0.2, -0.15) is 0 Å². The Morgan fingerprint density at radius 1 is 0.952 bits per heavy atom. The number of nitrogens with one attached hydrogen (secondary N) is 2. The fraction of sp³-hybridized carbons (Fsp3) is 0.355. The average molecular weight is 572 g/mol. The Morgan fingerprint density at radius 2 is 1.69 bits per heavy atom. The molecule has 11 nitrogen and oxygen atoms in total. The van der Waals surface area contributed by atoms with Crippen molar-refractivity contribution in [2.75, 3.05) is 19.7 Å². The molecule has 1 aliphatic rings. The molecule has 1 saturated heterocycles. The van der Waals surface area contributed by atoms with Crippen LogP contribution in [-0.4, -0.2) is 57.6 Å². The van der Waals surface area contributed by atoms with Crippen molar-refractivity contribution in [2.24, 2.45) is 17.4 Å². The fourth-order valence-corrected chi connectivity index (χ4v) is 5.26. The molecular formula is C31H37N7O4. The molecule has 0 unspecified atom stereocenters. The van der Waals surface area contributed by atoms with Gasteiger partial charge in [-0.15, -0.1) is 0 Å². The average Bonchev–Trinajstić information content (AvgIpc) is 3.21. The predicted octanol–water partition coefficient (Wildman–Crippen LogP) is 3.22. The van der Waals surface area contributed by atoms with Gasteiger partial charge in [0.2, 0.25) is 0 Å². The van der Waals surface area contributed by atoms with Crippen LogP contribution in [0.5, 0.6) is 5.75 Å². The minimum atomic E-state index is -0.468. The predicted molar refractivity (Wildman–Crippen MR) is 163 cm³/mol. The van der Waals surface area contributed by atoms with E-state index in [-0.39, 0.29) is 49.2 Å². The van der Waals surface area contributed by atoms with E-state index in [1.165, 1.54) is 4.57 Å². The number of nitrogens with zero attached hydrogens (tertiary/aromatic N) is 3. The van der Waals surface area contributed by atoms with E-state index in [2.05, 4.69) is 0 Å². The summed E-state index contributed by atoms with van der Waals surface area (Å²) in [5.41, 5.74) is 13.8. The molecule has 0 amide bonds. The molecule has 11 heteroatoms. The Hall–Kier alpha value is -4.80. The Morgan fingerprint density at radius 3 is 2.38 bits per heavy atom. The van der Waals surface area contributed by atoms with Crippen LogP contribution in [0.2, 0.25) is 0 Å². The number of amidine groups is 1. The van der Waals surface area contributed by atoms with Crippen molar-refractivity contribution in [3.05, 3.63) is 76.2 Å². The Kier molecular flexibility index (Phi) is 8.19. The van der Waals surface area contributed by atoms with E-state index in [9.17, 15) is 9.59 Å². The van der Waals surface area contributed by atoms with E-state index in [1.807, 2.05) is 73.3 Å². The summed E-state index contributed by atoms with van der Waals surface area (Å²) in [6, 6.07) is 17.0. The van der Waals surface area contributed by atoms with Crippen molar-refractivity contribution in [3.8, 4) is 5.75 Å². The molecule has 0 spiro atoms. The molecule has 1 fully saturated rings. The highest BCUT2D eigenvalue weighted by molar-refractivity contribution is 5.99. The number of piperidine rings is 1. The second-order valence-corrected chi connectivity index (χ2v) is 11.2. The number of carbonyl (C=O) groups excluding carboxylic acids is 1. The lowest BCUT2D eigenvalue weighted by Crippen LogP contribution is -2.44. The van der Waals surface area contributed by atoms with Gasteiger partial charge in [0.1, 0.15) is 24.2 Å². The number of benzene rings is 3. The molecule has 6 N–H and O–H groups in total. The first kappa shape index (κ1) is 28.7. The number of aromatic nitrogens is 2. The van der Waals surface area contributed by atoms with Crippen LogP contribution in [0.1, 0.15) is 37.8 Å². The van der Waals surface area contributed by atoms with E-state index in [4.69, 9.17) is 31.8 Å². The smallest absolute Gasteiger partial charge is 0.329 e. The maximum atomic E-state index is 13.8. The standard InChI is InChI=1S/C31H37N7O4/c1-19(2)18-41-28(39)17-38-26-8-7-25(42-24-9-11-36(12-10-24)30(34)35)15-27(26)37(31(38)40)16-20-3-4-21-5-6-22(29(32)33)14-23(21)13-20/h3-8,13-15,19,24H,9-12,16-18H2,1-2H3,(H3,32,33)(H3,34,35). The largest absolute Gasteiger partial charge is 0.490 e. The van der Waals surface area contributed by atoms with E-state index in [1.54, 1.807) is 4.57 Å². The number of nitrogen functional groups attached to an aromatic ring is 1. The molecule has 5 rings (SSSR count). The zero-order chi connectivity index (χ0) is 30.0. The van der Waals surface area contributed by atoms with Crippen molar-refractivity contribution in [3.63, 3.8) is 0 Å². The van der Waals surface area contributed by atoms with Gasteiger partial charge in [0, 0.05) is 37.6 Å². The molecule has 0 atom stereocenters. The van der Waals surface area contributed by atoms with Crippen LogP contribution in [0.4, 0.5) is 0 Å². The van der Waals surface area contributed by atoms with Gasteiger partial charge in [-0.1, -0.05) is 38.1 Å². The summed E-state index contributed by atoms with van der Waals surface area (Å²) in [5, 5.41) is 17.3. The van der Waals surface area contributed by atoms with Gasteiger partial charge in [-0.3, -0.25) is 24.7 Å². The van der Waals surface area contributed by atoms with Crippen molar-refractivity contribution >= 4 is 39.6 Å². The molecule has 2 heterocycles. The third-order valence-electron chi connectivity index (χ3n) is 7.50. The van der Waals surface area contributed by atoms with Gasteiger partial charge < -0.3 is 25.8 Å². The van der Waals surface area contributed by atoms with Crippen LogP contribution in [0.3, 0.4) is 0 Å². The SMILES string of the molecule is CC(C)COC(=O)Cn1c(=O)n(Cc2ccc3ccc(C(=N)N)cc3c2)c2cc(OC3CCN(C(=N)N)CC3)ccc21. The van der Waals surface area contributed by atoms with E-state index in [0.29, 0.717) is 35.4 Å². The number of likely N-dealkylation sites (tertiary alicyclic amines) is 1. The quantitative estimate of drug-likeness (QED) is 0.136. The maximum Gasteiger partial charge on any atom is 0.329 e. The van der Waals surface area contributed by atoms with Crippen LogP contribution in [-0.2, 0) is 22.6 Å². The van der Waals surface area contributed by atoms with Crippen molar-refractivity contribution in [1.82, 2.24) is 14.0 Å². The molecular weight excluding hydrogens is 534 g/mol. The number of nitrogens with two attached hydrogens (primary N) is 2. The van der Waals surface area contributed by atoms with Gasteiger partial charge in [-0.05, 0) is 46.5 Å². The molecule has 0 aliphatic carbocycles. The van der Waals surface area contributed by atoms with E-state index >= 15 is 0 Å². The molecule has 1 aromatic heterocycles. The van der Waals surface area contributed by atoms with Gasteiger partial charge in [0.25, 0.3) is 0 Å². The first-order chi connectivity index (χ1) is 20.1. The molecule has 3 aromatic carbocycles. The van der Waals surface area contributed by atoms with Crippen molar-refractivity contribution in [2.45, 2.75) is 45.9 Å². The van der Waals surface area contributed by atoms with Gasteiger partial charge in [-0.25, -0.2) is 4.79 Å². The van der Waals surface area contributed by atoms with Crippen LogP contribution >= 0.6 is 0 Å². The number of hydrogen-bond acceptors (Lipinski definition) is 6. The number of rotatable bonds is 9. The van der Waals surface area contributed by atoms with Crippen LogP contribution in [0, 0.1) is 16.7 Å². The normalized spacial score (nSPS) is 14.0. The van der Waals surface area contributed by atoms with Gasteiger partial charge >= 0.3 is 11.7 Å². The summed E-state index contributed by atoms with van der Waals surface area (Å²) in [4.78, 5) is 28.2. The summed E-state index contributed by atoms with van der Waals surface area (Å²) < 4.78 is 14.8. The van der Waals surface area contributed by atoms with Gasteiger partial charge in [0.05, 0.1) is 24.2 Å². The second-order valence-electron chi connectivity index (χ2n) is 11.2. The summed E-state index contributed by atoms with van der Waals surface area (Å²) in [7, 11) is 0. The highest BCUT2D eigenvalue weighted by atomic mass is 16.5. The Bertz CT molecular complexity index is 1710. The minimum absolute atomic E-state index is 0.00885. The van der Waals surface area contributed by atoms with Crippen LogP contribution in [0.25, 0.3) is 21.8 Å². The highest BCUT2D eigenvalue weighted by Crippen LogP contribution is 2.26. The second kappa shape index (κ2) is 12.0. The number of ether oxygens (including phenoxy) is 2. The molecule has 220 valence electrons. The third kappa shape index (κ3) is 6.24. The van der Waals surface area contributed by atoms with E-state index < -0.39 is 5.97 Å². The number of hydrogen-bond donors (Lipinski definition) is 4. The summed E-state index contributed by atoms with van der Waals surface area (Å²) in [6.07, 6.45) is 1.42. The van der Waals surface area contributed by atoms with Crippen molar-refractivity contribution in [1.29, 1.82) is 10.8 Å². The lowest BCUT2D eigenvalue weighted by atomic mass is 10.0. The molecule has 0 radical (unpaired) electrons. The first-order valence-electron chi connectivity index (χ1n) is 14.1. The molecule has 4 aromatic rings. The third-order valence-corrected chi connectivity index (χ3v) is 7.50. The van der Waals surface area contributed by atoms with Gasteiger partial charge in [0.15, 0.2) is 5.96 Å². The lowest BCUT2D eigenvalue weighted by molar-refractivity contribution is -0.145. The van der Waals surface area contributed by atoms with Crippen LogP contribution < -0.4 is 21.9 Å². The monoisotopic (exact) mass is 571 g/mol. The fourth-order valence-electron chi connectivity index (χ4n) is 5.26. The maximum absolute atomic E-state index is 13.8. The number of esters is 1. The summed E-state index contributed by atoms with van der Waals surface area (Å²) >= 11 is 0. The zero-order valence-corrected chi connectivity index (χ0v) is 23.9. The lowest BCUT2D eigenvalue weighted by Gasteiger charge is -2.32. The number of guanidine groups is 1. The first-order valence-corrected chi connectivity index (χ1v) is 14.1. The number of imidazole rings is 1. The topological polar surface area (TPSA) is 165 Å². The molecule has 0 bridgehead atoms. The Labute approximate surface area is 243 Å². The molecule has 42 heavy (non-hydrogen) atoms. The van der Waals surface area contributed by atoms with Crippen molar-refractivity contribution < 1.29 is 14.3 Å². The minimum Gasteiger partial charge on any atom is -0.490 e. The highest BCUT2D eigenvalue weighted by Gasteiger charge is 2.23. The van der Waals surface area contributed by atoms with Crippen LogP contribution in [0.15, 0.2) is 59.4 Å². The molecule has 0 saturated carbocycles. The Balaban J connectivity index is 1.49. The number of carbonyl (C=O) groups is 1.